The van der Waals surface area contributed by atoms with Crippen LogP contribution in [0.1, 0.15) is 40.5 Å². The van der Waals surface area contributed by atoms with Gasteiger partial charge in [-0.05, 0) is 33.3 Å². The van der Waals surface area contributed by atoms with Crippen molar-refractivity contribution in [2.75, 3.05) is 6.54 Å². The third-order valence-electron chi connectivity index (χ3n) is 3.61. The second-order valence-electron chi connectivity index (χ2n) is 5.94. The first-order valence-electron chi connectivity index (χ1n) is 5.91. The molecule has 1 saturated heterocycles. The van der Waals surface area contributed by atoms with Crippen molar-refractivity contribution in [3.8, 4) is 0 Å². The van der Waals surface area contributed by atoms with E-state index in [1.807, 2.05) is 27.7 Å². The van der Waals surface area contributed by atoms with Gasteiger partial charge in [0.05, 0.1) is 12.0 Å². The number of carboxylic acids is 1. The Labute approximate surface area is 103 Å². The van der Waals surface area contributed by atoms with Crippen LogP contribution in [0.2, 0.25) is 0 Å². The van der Waals surface area contributed by atoms with Crippen molar-refractivity contribution < 1.29 is 19.2 Å². The molecule has 1 aliphatic rings. The summed E-state index contributed by atoms with van der Waals surface area (Å²) >= 11 is 0. The predicted octanol–water partition coefficient (Wildman–Crippen LogP) is 1.95. The van der Waals surface area contributed by atoms with Crippen LogP contribution in [-0.4, -0.2) is 39.6 Å². The highest BCUT2D eigenvalue weighted by Gasteiger charge is 2.59. The molecule has 1 unspecified atom stereocenters. The molecule has 1 heterocycles. The standard InChI is InChI=1S/C13H21NO3/c1-9(2)8-14(13(3,4)5)10(12(16)17)6-7-11(14)15/h10H,1,6-8H2,2-5H3/p+1/t10-,14?/m0/s1. The van der Waals surface area contributed by atoms with E-state index in [0.29, 0.717) is 19.4 Å². The molecule has 0 aromatic carbocycles. The van der Waals surface area contributed by atoms with Crippen molar-refractivity contribution in [2.45, 2.75) is 52.1 Å². The number of likely N-dealkylation sites (tertiary alicyclic amines) is 1. The number of quaternary nitrogens is 1. The average Bonchev–Trinajstić information content (AvgIpc) is 2.43. The molecule has 0 radical (unpaired) electrons. The fraction of sp³-hybridized carbons (Fsp3) is 0.692. The van der Waals surface area contributed by atoms with E-state index in [2.05, 4.69) is 6.58 Å². The number of hydrogen-bond donors (Lipinski definition) is 1. The molecule has 2 atom stereocenters. The molecule has 4 heteroatoms. The van der Waals surface area contributed by atoms with Gasteiger partial charge < -0.3 is 5.11 Å². The summed E-state index contributed by atoms with van der Waals surface area (Å²) in [6, 6.07) is -0.640. The smallest absolute Gasteiger partial charge is 0.363 e. The van der Waals surface area contributed by atoms with Gasteiger partial charge in [0.25, 0.3) is 0 Å². The van der Waals surface area contributed by atoms with Gasteiger partial charge in [0.2, 0.25) is 0 Å². The van der Waals surface area contributed by atoms with E-state index in [1.54, 1.807) is 0 Å². The maximum Gasteiger partial charge on any atom is 0.363 e. The quantitative estimate of drug-likeness (QED) is 0.606. The molecular weight excluding hydrogens is 218 g/mol. The highest BCUT2D eigenvalue weighted by atomic mass is 16.4. The van der Waals surface area contributed by atoms with Crippen molar-refractivity contribution in [2.24, 2.45) is 0 Å². The minimum absolute atomic E-state index is 0.00231. The summed E-state index contributed by atoms with van der Waals surface area (Å²) in [6.07, 6.45) is 0.778. The van der Waals surface area contributed by atoms with Crippen molar-refractivity contribution >= 4 is 11.9 Å². The topological polar surface area (TPSA) is 54.4 Å². The lowest BCUT2D eigenvalue weighted by Gasteiger charge is -2.46. The first-order chi connectivity index (χ1) is 7.63. The molecule has 1 aliphatic heterocycles. The van der Waals surface area contributed by atoms with E-state index in [9.17, 15) is 14.7 Å². The lowest BCUT2D eigenvalue weighted by molar-refractivity contribution is -0.904. The summed E-state index contributed by atoms with van der Waals surface area (Å²) < 4.78 is -0.00231. The van der Waals surface area contributed by atoms with Crippen molar-refractivity contribution in [1.29, 1.82) is 0 Å². The van der Waals surface area contributed by atoms with Gasteiger partial charge in [-0.1, -0.05) is 6.58 Å². The highest BCUT2D eigenvalue weighted by molar-refractivity contribution is 5.81. The van der Waals surface area contributed by atoms with Crippen molar-refractivity contribution in [1.82, 2.24) is 0 Å². The summed E-state index contributed by atoms with van der Waals surface area (Å²) in [6.45, 7) is 11.9. The van der Waals surface area contributed by atoms with Crippen LogP contribution in [0.5, 0.6) is 0 Å². The number of carbonyl (C=O) groups is 2. The zero-order chi connectivity index (χ0) is 13.4. The van der Waals surface area contributed by atoms with Crippen LogP contribution in [-0.2, 0) is 9.59 Å². The number of nitrogens with zero attached hydrogens (tertiary/aromatic N) is 1. The molecule has 0 bridgehead atoms. The van der Waals surface area contributed by atoms with Crippen LogP contribution in [0.15, 0.2) is 12.2 Å². The Balaban J connectivity index is 3.32. The van der Waals surface area contributed by atoms with E-state index < -0.39 is 17.6 Å². The molecule has 0 saturated carbocycles. The minimum atomic E-state index is -0.882. The number of carboxylic acid groups (broad SMARTS) is 1. The molecule has 0 aliphatic carbocycles. The maximum atomic E-state index is 12.3. The molecule has 0 aromatic heterocycles. The molecule has 0 spiro atoms. The Morgan fingerprint density at radius 1 is 1.53 bits per heavy atom. The zero-order valence-corrected chi connectivity index (χ0v) is 11.1. The second-order valence-corrected chi connectivity index (χ2v) is 5.94. The molecule has 4 nitrogen and oxygen atoms in total. The summed E-state index contributed by atoms with van der Waals surface area (Å²) in [5.41, 5.74) is 0.428. The summed E-state index contributed by atoms with van der Waals surface area (Å²) in [5, 5.41) is 9.35. The fourth-order valence-electron chi connectivity index (χ4n) is 2.87. The SMILES string of the molecule is C=C(C)C[N+]1(C(C)(C)C)C(=O)CC[C@H]1C(=O)O. The van der Waals surface area contributed by atoms with Gasteiger partial charge in [0.1, 0.15) is 6.54 Å². The highest BCUT2D eigenvalue weighted by Crippen LogP contribution is 2.38. The number of amides is 1. The van der Waals surface area contributed by atoms with Gasteiger partial charge in [0, 0.05) is 6.42 Å². The van der Waals surface area contributed by atoms with Gasteiger partial charge in [-0.3, -0.25) is 0 Å². The third-order valence-corrected chi connectivity index (χ3v) is 3.61. The molecule has 0 aromatic rings. The Hall–Kier alpha value is -1.16. The number of rotatable bonds is 3. The Morgan fingerprint density at radius 2 is 2.06 bits per heavy atom. The normalized spacial score (nSPS) is 29.4. The zero-order valence-electron chi connectivity index (χ0n) is 11.1. The van der Waals surface area contributed by atoms with E-state index in [4.69, 9.17) is 0 Å². The first kappa shape index (κ1) is 13.9. The third kappa shape index (κ3) is 2.14. The summed E-state index contributed by atoms with van der Waals surface area (Å²) in [5.74, 6) is -0.861. The first-order valence-corrected chi connectivity index (χ1v) is 5.91. The Kier molecular flexibility index (Phi) is 3.48. The van der Waals surface area contributed by atoms with Gasteiger partial charge in [0.15, 0.2) is 6.04 Å². The van der Waals surface area contributed by atoms with Gasteiger partial charge in [-0.2, -0.15) is 0 Å². The van der Waals surface area contributed by atoms with Crippen LogP contribution in [0.3, 0.4) is 0 Å². The van der Waals surface area contributed by atoms with Gasteiger partial charge >= 0.3 is 11.9 Å². The number of hydrogen-bond acceptors (Lipinski definition) is 2. The summed E-state index contributed by atoms with van der Waals surface area (Å²) in [7, 11) is 0. The van der Waals surface area contributed by atoms with Crippen molar-refractivity contribution in [3.05, 3.63) is 12.2 Å². The second kappa shape index (κ2) is 4.26. The van der Waals surface area contributed by atoms with E-state index in [-0.39, 0.29) is 10.4 Å². The van der Waals surface area contributed by atoms with E-state index >= 15 is 0 Å². The predicted molar refractivity (Wildman–Crippen MR) is 65.4 cm³/mol. The maximum absolute atomic E-state index is 12.3. The molecule has 1 N–H and O–H groups in total. The van der Waals surface area contributed by atoms with E-state index in [0.717, 1.165) is 5.57 Å². The molecule has 1 rings (SSSR count). The summed E-state index contributed by atoms with van der Waals surface area (Å²) in [4.78, 5) is 23.7. The van der Waals surface area contributed by atoms with Crippen LogP contribution >= 0.6 is 0 Å². The lowest BCUT2D eigenvalue weighted by Crippen LogP contribution is -2.67. The Morgan fingerprint density at radius 3 is 2.41 bits per heavy atom. The van der Waals surface area contributed by atoms with Crippen LogP contribution in [0.4, 0.5) is 0 Å². The molecule has 1 fully saturated rings. The van der Waals surface area contributed by atoms with Crippen LogP contribution < -0.4 is 0 Å². The van der Waals surface area contributed by atoms with Crippen LogP contribution in [0, 0.1) is 0 Å². The molecular formula is C13H22NO3+. The molecule has 96 valence electrons. The molecule has 17 heavy (non-hydrogen) atoms. The number of carbonyl (C=O) groups excluding carboxylic acids is 1. The van der Waals surface area contributed by atoms with E-state index in [1.165, 1.54) is 0 Å². The average molecular weight is 240 g/mol. The largest absolute Gasteiger partial charge is 0.477 e. The Bertz CT molecular complexity index is 367. The lowest BCUT2D eigenvalue weighted by atomic mass is 9.97. The van der Waals surface area contributed by atoms with Gasteiger partial charge in [-0.25, -0.2) is 14.1 Å². The minimum Gasteiger partial charge on any atom is -0.477 e. The number of aliphatic carboxylic acids is 1. The fourth-order valence-corrected chi connectivity index (χ4v) is 2.87. The monoisotopic (exact) mass is 240 g/mol. The van der Waals surface area contributed by atoms with Crippen LogP contribution in [0.25, 0.3) is 0 Å². The van der Waals surface area contributed by atoms with Gasteiger partial charge in [-0.15, -0.1) is 0 Å². The van der Waals surface area contributed by atoms with Crippen molar-refractivity contribution in [3.63, 3.8) is 0 Å². The molecule has 1 amide bonds.